The minimum absolute atomic E-state index is 0.612. The van der Waals surface area contributed by atoms with Crippen molar-refractivity contribution in [1.29, 1.82) is 0 Å². The van der Waals surface area contributed by atoms with Crippen LogP contribution in [0.5, 0.6) is 0 Å². The highest BCUT2D eigenvalue weighted by Crippen LogP contribution is 2.66. The summed E-state index contributed by atoms with van der Waals surface area (Å²) in [5.74, 6) is 0. The predicted molar refractivity (Wildman–Crippen MR) is 62.7 cm³/mol. The fourth-order valence-electron chi connectivity index (χ4n) is 1.30. The van der Waals surface area contributed by atoms with Crippen molar-refractivity contribution in [2.45, 2.75) is 24.6 Å². The van der Waals surface area contributed by atoms with Gasteiger partial charge in [-0.25, -0.2) is 13.7 Å². The highest BCUT2D eigenvalue weighted by atomic mass is 31.3. The molecule has 14 nitrogen and oxygen atoms in total. The normalized spacial score (nSPS) is 35.6. The summed E-state index contributed by atoms with van der Waals surface area (Å²) in [6, 6.07) is 0. The lowest BCUT2D eigenvalue weighted by molar-refractivity contribution is -0.245. The summed E-state index contributed by atoms with van der Waals surface area (Å²) >= 11 is 0. The van der Waals surface area contributed by atoms with Crippen LogP contribution in [0.15, 0.2) is 0 Å². The monoisotopic (exact) mass is 390 g/mol. The Balaban J connectivity index is 2.73. The van der Waals surface area contributed by atoms with Gasteiger partial charge in [0, 0.05) is 0 Å². The Morgan fingerprint density at radius 2 is 1.41 bits per heavy atom. The maximum Gasteiger partial charge on any atom is 0.490 e. The van der Waals surface area contributed by atoms with E-state index in [9.17, 15) is 28.8 Å². The molecule has 1 aliphatic rings. The lowest BCUT2D eigenvalue weighted by Gasteiger charge is -2.35. The van der Waals surface area contributed by atoms with Crippen molar-refractivity contribution >= 4 is 23.5 Å². The van der Waals surface area contributed by atoms with E-state index in [1.807, 2.05) is 0 Å². The second-order valence-electron chi connectivity index (χ2n) is 3.95. The molecule has 1 heterocycles. The SMILES string of the molecule is O=P(O)(O)OP(=O)(O)OP(=O)(O)O[C@H]1OC[C@@H](O)[C@@H](O)[C@@H]1O. The van der Waals surface area contributed by atoms with Crippen molar-refractivity contribution in [3.63, 3.8) is 0 Å². The number of rotatable bonds is 6. The average Bonchev–Trinajstić information content (AvgIpc) is 2.25. The van der Waals surface area contributed by atoms with E-state index in [0.29, 0.717) is 0 Å². The van der Waals surface area contributed by atoms with Gasteiger partial charge in [-0.2, -0.15) is 8.62 Å². The van der Waals surface area contributed by atoms with Crippen LogP contribution in [0.1, 0.15) is 0 Å². The second-order valence-corrected chi connectivity index (χ2v) is 8.32. The molecule has 22 heavy (non-hydrogen) atoms. The maximum absolute atomic E-state index is 11.4. The van der Waals surface area contributed by atoms with Crippen molar-refractivity contribution in [2.75, 3.05) is 6.61 Å². The van der Waals surface area contributed by atoms with Crippen LogP contribution >= 0.6 is 23.5 Å². The summed E-state index contributed by atoms with van der Waals surface area (Å²) in [5.41, 5.74) is 0. The van der Waals surface area contributed by atoms with Gasteiger partial charge in [0.25, 0.3) is 0 Å². The summed E-state index contributed by atoms with van der Waals surface area (Å²) in [6.45, 7) is -0.612. The van der Waals surface area contributed by atoms with Crippen molar-refractivity contribution < 1.29 is 66.5 Å². The van der Waals surface area contributed by atoms with E-state index < -0.39 is 54.7 Å². The highest BCUT2D eigenvalue weighted by Gasteiger charge is 2.46. The molecule has 0 aromatic heterocycles. The lowest BCUT2D eigenvalue weighted by Crippen LogP contribution is -2.53. The molecule has 17 heteroatoms. The van der Waals surface area contributed by atoms with Crippen LogP contribution in [0.4, 0.5) is 0 Å². The van der Waals surface area contributed by atoms with Gasteiger partial charge in [-0.15, -0.1) is 0 Å². The zero-order valence-corrected chi connectivity index (χ0v) is 13.0. The summed E-state index contributed by atoms with van der Waals surface area (Å²) < 4.78 is 48.4. The minimum atomic E-state index is -5.70. The molecule has 6 atom stereocenters. The number of hydrogen-bond donors (Lipinski definition) is 7. The van der Waals surface area contributed by atoms with Gasteiger partial charge in [-0.3, -0.25) is 4.52 Å². The van der Waals surface area contributed by atoms with E-state index in [2.05, 4.69) is 17.9 Å². The van der Waals surface area contributed by atoms with Crippen LogP contribution in [-0.2, 0) is 31.6 Å². The van der Waals surface area contributed by atoms with Gasteiger partial charge < -0.3 is 39.6 Å². The smallest absolute Gasteiger partial charge is 0.388 e. The van der Waals surface area contributed by atoms with E-state index in [1.165, 1.54) is 0 Å². The Labute approximate surface area is 122 Å². The fraction of sp³-hybridized carbons (Fsp3) is 1.00. The molecule has 132 valence electrons. The van der Waals surface area contributed by atoms with Crippen LogP contribution < -0.4 is 0 Å². The number of aliphatic hydroxyl groups is 3. The first-order valence-electron chi connectivity index (χ1n) is 5.20. The molecule has 0 radical (unpaired) electrons. The van der Waals surface area contributed by atoms with Crippen molar-refractivity contribution in [3.8, 4) is 0 Å². The Morgan fingerprint density at radius 1 is 0.864 bits per heavy atom. The first-order valence-corrected chi connectivity index (χ1v) is 9.72. The van der Waals surface area contributed by atoms with Crippen LogP contribution in [0.25, 0.3) is 0 Å². The summed E-state index contributed by atoms with van der Waals surface area (Å²) in [4.78, 5) is 34.7. The number of aliphatic hydroxyl groups excluding tert-OH is 3. The van der Waals surface area contributed by atoms with E-state index in [-0.39, 0.29) is 0 Å². The molecule has 0 aromatic carbocycles. The summed E-state index contributed by atoms with van der Waals surface area (Å²) in [5, 5.41) is 27.8. The molecule has 1 fully saturated rings. The number of hydrogen-bond acceptors (Lipinski definition) is 10. The molecule has 2 unspecified atom stereocenters. The summed E-state index contributed by atoms with van der Waals surface area (Å²) in [6.07, 6.45) is -7.39. The van der Waals surface area contributed by atoms with Crippen molar-refractivity contribution in [2.24, 2.45) is 0 Å². The molecule has 1 aliphatic heterocycles. The van der Waals surface area contributed by atoms with Gasteiger partial charge >= 0.3 is 23.5 Å². The number of phosphoric acid groups is 3. The Hall–Kier alpha value is 0.250. The highest BCUT2D eigenvalue weighted by molar-refractivity contribution is 7.66. The average molecular weight is 390 g/mol. The van der Waals surface area contributed by atoms with E-state index in [1.54, 1.807) is 0 Å². The molecule has 7 N–H and O–H groups in total. The maximum atomic E-state index is 11.4. The van der Waals surface area contributed by atoms with Gasteiger partial charge in [0.1, 0.15) is 18.3 Å². The molecule has 0 aliphatic carbocycles. The Bertz CT molecular complexity index is 527. The quantitative estimate of drug-likeness (QED) is 0.238. The van der Waals surface area contributed by atoms with E-state index >= 15 is 0 Å². The van der Waals surface area contributed by atoms with Gasteiger partial charge in [-0.1, -0.05) is 0 Å². The molecule has 0 amide bonds. The molecular formula is C5H13O14P3. The van der Waals surface area contributed by atoms with Crippen molar-refractivity contribution in [3.05, 3.63) is 0 Å². The Morgan fingerprint density at radius 3 is 1.91 bits per heavy atom. The second kappa shape index (κ2) is 7.01. The largest absolute Gasteiger partial charge is 0.490 e. The van der Waals surface area contributed by atoms with E-state index in [4.69, 9.17) is 19.8 Å². The lowest BCUT2D eigenvalue weighted by atomic mass is 10.1. The van der Waals surface area contributed by atoms with Crippen LogP contribution in [0, 0.1) is 0 Å². The molecule has 0 aromatic rings. The zero-order chi connectivity index (χ0) is 17.3. The fourth-order valence-corrected chi connectivity index (χ4v) is 4.41. The topological polar surface area (TPSA) is 230 Å². The number of phosphoric ester groups is 1. The van der Waals surface area contributed by atoms with Gasteiger partial charge in [0.05, 0.1) is 6.61 Å². The molecule has 1 saturated heterocycles. The standard InChI is InChI=1S/C5H13O14P3/c6-2-1-16-5(4(8)3(2)7)17-21(12,13)19-22(14,15)18-20(9,10)11/h2-8H,1H2,(H,12,13)(H,14,15)(H2,9,10,11)/t2-,3-,4+,5-/m1/s1. The zero-order valence-electron chi connectivity index (χ0n) is 10.3. The molecule has 0 bridgehead atoms. The Kier molecular flexibility index (Phi) is 6.47. The van der Waals surface area contributed by atoms with Crippen LogP contribution in [0.2, 0.25) is 0 Å². The molecule has 0 spiro atoms. The van der Waals surface area contributed by atoms with E-state index in [0.717, 1.165) is 0 Å². The molecule has 0 saturated carbocycles. The first-order chi connectivity index (χ1) is 9.72. The van der Waals surface area contributed by atoms with Crippen LogP contribution in [-0.4, -0.2) is 66.1 Å². The predicted octanol–water partition coefficient (Wildman–Crippen LogP) is -2.23. The van der Waals surface area contributed by atoms with Gasteiger partial charge in [0.15, 0.2) is 6.29 Å². The third-order valence-electron chi connectivity index (χ3n) is 2.11. The number of ether oxygens (including phenoxy) is 1. The van der Waals surface area contributed by atoms with Gasteiger partial charge in [-0.05, 0) is 0 Å². The first kappa shape index (κ1) is 20.3. The van der Waals surface area contributed by atoms with Crippen LogP contribution in [0.3, 0.4) is 0 Å². The molecule has 1 rings (SSSR count). The van der Waals surface area contributed by atoms with Crippen molar-refractivity contribution in [1.82, 2.24) is 0 Å². The van der Waals surface area contributed by atoms with Gasteiger partial charge in [0.2, 0.25) is 0 Å². The third-order valence-corrected chi connectivity index (χ3v) is 5.91. The third kappa shape index (κ3) is 6.40. The minimum Gasteiger partial charge on any atom is -0.388 e. The summed E-state index contributed by atoms with van der Waals surface area (Å²) in [7, 11) is -16.7. The molecular weight excluding hydrogens is 377 g/mol.